The fraction of sp³-hybridized carbons (Fsp3) is 0.929. The van der Waals surface area contributed by atoms with Gasteiger partial charge in [0.15, 0.2) is 0 Å². The summed E-state index contributed by atoms with van der Waals surface area (Å²) < 4.78 is 0. The summed E-state index contributed by atoms with van der Waals surface area (Å²) in [6.07, 6.45) is 6.99. The summed E-state index contributed by atoms with van der Waals surface area (Å²) in [6, 6.07) is 0.0123. The highest BCUT2D eigenvalue weighted by Gasteiger charge is 2.25. The lowest BCUT2D eigenvalue weighted by atomic mass is 9.84. The summed E-state index contributed by atoms with van der Waals surface area (Å²) in [7, 11) is 0. The van der Waals surface area contributed by atoms with Crippen LogP contribution in [0.25, 0.3) is 0 Å². The molecule has 1 rings (SSSR count). The van der Waals surface area contributed by atoms with Crippen LogP contribution in [0.2, 0.25) is 0 Å². The van der Waals surface area contributed by atoms with Gasteiger partial charge < -0.3 is 11.1 Å². The van der Waals surface area contributed by atoms with Gasteiger partial charge in [-0.1, -0.05) is 46.5 Å². The molecular formula is C14H28N2O. The van der Waals surface area contributed by atoms with Crippen molar-refractivity contribution in [1.29, 1.82) is 0 Å². The van der Waals surface area contributed by atoms with E-state index in [1.54, 1.807) is 0 Å². The van der Waals surface area contributed by atoms with E-state index in [0.29, 0.717) is 6.04 Å². The maximum Gasteiger partial charge on any atom is 0.237 e. The van der Waals surface area contributed by atoms with Gasteiger partial charge in [-0.05, 0) is 24.7 Å². The first-order chi connectivity index (χ1) is 8.08. The summed E-state index contributed by atoms with van der Waals surface area (Å²) in [5, 5.41) is 3.13. The third-order valence-corrected chi connectivity index (χ3v) is 4.27. The van der Waals surface area contributed by atoms with Crippen molar-refractivity contribution in [3.05, 3.63) is 0 Å². The topological polar surface area (TPSA) is 55.1 Å². The first-order valence-corrected chi connectivity index (χ1v) is 7.14. The molecule has 0 radical (unpaired) electrons. The van der Waals surface area contributed by atoms with Gasteiger partial charge in [0, 0.05) is 6.04 Å². The predicted molar refractivity (Wildman–Crippen MR) is 71.6 cm³/mol. The maximum atomic E-state index is 12.0. The minimum Gasteiger partial charge on any atom is -0.352 e. The van der Waals surface area contributed by atoms with Gasteiger partial charge in [0.25, 0.3) is 0 Å². The van der Waals surface area contributed by atoms with Gasteiger partial charge in [-0.2, -0.15) is 0 Å². The van der Waals surface area contributed by atoms with Gasteiger partial charge in [0.05, 0.1) is 6.04 Å². The molecule has 0 aromatic rings. The zero-order valence-electron chi connectivity index (χ0n) is 11.5. The normalized spacial score (nSPS) is 28.5. The second-order valence-electron chi connectivity index (χ2n) is 5.56. The van der Waals surface area contributed by atoms with E-state index >= 15 is 0 Å². The summed E-state index contributed by atoms with van der Waals surface area (Å²) in [4.78, 5) is 12.0. The molecule has 0 spiro atoms. The Hall–Kier alpha value is -0.570. The lowest BCUT2D eigenvalue weighted by Crippen LogP contribution is -2.49. The molecule has 1 aliphatic rings. The van der Waals surface area contributed by atoms with Crippen LogP contribution in [-0.4, -0.2) is 18.0 Å². The van der Waals surface area contributed by atoms with Crippen molar-refractivity contribution in [2.24, 2.45) is 17.6 Å². The van der Waals surface area contributed by atoms with E-state index in [2.05, 4.69) is 19.2 Å². The van der Waals surface area contributed by atoms with E-state index in [-0.39, 0.29) is 17.9 Å². The largest absolute Gasteiger partial charge is 0.352 e. The number of carbonyl (C=O) groups is 1. The van der Waals surface area contributed by atoms with Crippen LogP contribution in [0.15, 0.2) is 0 Å². The van der Waals surface area contributed by atoms with Crippen LogP contribution >= 0.6 is 0 Å². The van der Waals surface area contributed by atoms with Crippen molar-refractivity contribution in [1.82, 2.24) is 5.32 Å². The Morgan fingerprint density at radius 1 is 1.41 bits per heavy atom. The molecule has 1 saturated carbocycles. The zero-order chi connectivity index (χ0) is 12.8. The number of rotatable bonds is 5. The Labute approximate surface area is 106 Å². The maximum absolute atomic E-state index is 12.0. The van der Waals surface area contributed by atoms with Crippen LogP contribution in [0.1, 0.15) is 59.3 Å². The number of carbonyl (C=O) groups excluding carboxylic acids is 1. The molecule has 1 fully saturated rings. The first kappa shape index (κ1) is 14.5. The number of amides is 1. The molecule has 17 heavy (non-hydrogen) atoms. The van der Waals surface area contributed by atoms with E-state index in [4.69, 9.17) is 5.73 Å². The van der Waals surface area contributed by atoms with Gasteiger partial charge in [-0.15, -0.1) is 0 Å². The standard InChI is InChI=1S/C14H28N2O/c1-4-10(3)13(15)14(17)16-12-8-6-7-11(5-2)9-12/h10-13H,4-9,15H2,1-3H3,(H,16,17)/t10-,11?,12?,13-/m0/s1. The Bertz CT molecular complexity index is 242. The number of hydrogen-bond donors (Lipinski definition) is 2. The third-order valence-electron chi connectivity index (χ3n) is 4.27. The van der Waals surface area contributed by atoms with Gasteiger partial charge in [-0.3, -0.25) is 4.79 Å². The fourth-order valence-electron chi connectivity index (χ4n) is 2.60. The Kier molecular flexibility index (Phi) is 5.96. The molecular weight excluding hydrogens is 212 g/mol. The van der Waals surface area contributed by atoms with Gasteiger partial charge in [0.1, 0.15) is 0 Å². The highest BCUT2D eigenvalue weighted by atomic mass is 16.2. The van der Waals surface area contributed by atoms with Crippen molar-refractivity contribution < 1.29 is 4.79 Å². The van der Waals surface area contributed by atoms with E-state index in [0.717, 1.165) is 25.2 Å². The number of hydrogen-bond acceptors (Lipinski definition) is 2. The molecule has 0 heterocycles. The van der Waals surface area contributed by atoms with Crippen LogP contribution in [0, 0.1) is 11.8 Å². The first-order valence-electron chi connectivity index (χ1n) is 7.14. The van der Waals surface area contributed by atoms with Crippen LogP contribution in [0.3, 0.4) is 0 Å². The molecule has 3 heteroatoms. The molecule has 0 aromatic heterocycles. The molecule has 1 aliphatic carbocycles. The Balaban J connectivity index is 2.40. The Morgan fingerprint density at radius 3 is 2.71 bits per heavy atom. The van der Waals surface area contributed by atoms with Crippen molar-refractivity contribution in [3.8, 4) is 0 Å². The number of nitrogens with two attached hydrogens (primary N) is 1. The van der Waals surface area contributed by atoms with Gasteiger partial charge in [-0.25, -0.2) is 0 Å². The average molecular weight is 240 g/mol. The van der Waals surface area contributed by atoms with Gasteiger partial charge in [0.2, 0.25) is 5.91 Å². The van der Waals surface area contributed by atoms with Gasteiger partial charge >= 0.3 is 0 Å². The molecule has 100 valence electrons. The summed E-state index contributed by atoms with van der Waals surface area (Å²) in [5.74, 6) is 1.09. The predicted octanol–water partition coefficient (Wildman–Crippen LogP) is 2.44. The SMILES string of the molecule is CCC1CCCC(NC(=O)[C@@H](N)[C@@H](C)CC)C1. The molecule has 0 aliphatic heterocycles. The van der Waals surface area contributed by atoms with E-state index in [1.165, 1.54) is 19.3 Å². The van der Waals surface area contributed by atoms with Crippen LogP contribution < -0.4 is 11.1 Å². The molecule has 4 atom stereocenters. The highest BCUT2D eigenvalue weighted by molar-refractivity contribution is 5.82. The quantitative estimate of drug-likeness (QED) is 0.775. The zero-order valence-corrected chi connectivity index (χ0v) is 11.5. The summed E-state index contributed by atoms with van der Waals surface area (Å²) >= 11 is 0. The summed E-state index contributed by atoms with van der Waals surface area (Å²) in [5.41, 5.74) is 5.94. The smallest absolute Gasteiger partial charge is 0.237 e. The molecule has 3 nitrogen and oxygen atoms in total. The Morgan fingerprint density at radius 2 is 2.12 bits per heavy atom. The molecule has 2 unspecified atom stereocenters. The van der Waals surface area contributed by atoms with E-state index in [1.807, 2.05) is 6.92 Å². The fourth-order valence-corrected chi connectivity index (χ4v) is 2.60. The van der Waals surface area contributed by atoms with Crippen molar-refractivity contribution in [3.63, 3.8) is 0 Å². The summed E-state index contributed by atoms with van der Waals surface area (Å²) in [6.45, 7) is 6.35. The van der Waals surface area contributed by atoms with Crippen LogP contribution in [-0.2, 0) is 4.79 Å². The highest BCUT2D eigenvalue weighted by Crippen LogP contribution is 2.26. The molecule has 1 amide bonds. The van der Waals surface area contributed by atoms with E-state index in [9.17, 15) is 4.79 Å². The van der Waals surface area contributed by atoms with E-state index < -0.39 is 0 Å². The molecule has 0 bridgehead atoms. The number of nitrogens with one attached hydrogen (secondary N) is 1. The van der Waals surface area contributed by atoms with Crippen LogP contribution in [0.5, 0.6) is 0 Å². The lowest BCUT2D eigenvalue weighted by Gasteiger charge is -2.30. The average Bonchev–Trinajstić information content (AvgIpc) is 2.37. The molecule has 0 aromatic carbocycles. The minimum absolute atomic E-state index is 0.0427. The third kappa shape index (κ3) is 4.30. The molecule has 0 saturated heterocycles. The minimum atomic E-state index is -0.345. The lowest BCUT2D eigenvalue weighted by molar-refractivity contribution is -0.124. The monoisotopic (exact) mass is 240 g/mol. The molecule has 3 N–H and O–H groups in total. The van der Waals surface area contributed by atoms with Crippen molar-refractivity contribution >= 4 is 5.91 Å². The van der Waals surface area contributed by atoms with Crippen molar-refractivity contribution in [2.45, 2.75) is 71.4 Å². The van der Waals surface area contributed by atoms with Crippen LogP contribution in [0.4, 0.5) is 0 Å². The second-order valence-corrected chi connectivity index (χ2v) is 5.56. The second kappa shape index (κ2) is 7.00. The van der Waals surface area contributed by atoms with Crippen molar-refractivity contribution in [2.75, 3.05) is 0 Å².